The largest absolute Gasteiger partial charge is 0.306 e. The number of rotatable bonds is 2. The first-order valence-corrected chi connectivity index (χ1v) is 5.43. The Labute approximate surface area is 112 Å². The lowest BCUT2D eigenvalue weighted by molar-refractivity contribution is 0.102. The number of halogens is 2. The fourth-order valence-corrected chi connectivity index (χ4v) is 1.71. The van der Waals surface area contributed by atoms with Crippen molar-refractivity contribution in [3.63, 3.8) is 0 Å². The summed E-state index contributed by atoms with van der Waals surface area (Å²) in [5.41, 5.74) is 0.466. The maximum Gasteiger partial charge on any atom is 0.257 e. The van der Waals surface area contributed by atoms with E-state index in [1.807, 2.05) is 6.07 Å². The third-order valence-corrected chi connectivity index (χ3v) is 2.41. The van der Waals surface area contributed by atoms with Crippen LogP contribution in [0.1, 0.15) is 15.9 Å². The average molecular weight is 282 g/mol. The van der Waals surface area contributed by atoms with Gasteiger partial charge in [-0.25, -0.2) is 4.98 Å². The van der Waals surface area contributed by atoms with Crippen LogP contribution in [-0.4, -0.2) is 21.1 Å². The number of carbonyl (C=O) groups is 1. The molecule has 0 aliphatic carbocycles. The van der Waals surface area contributed by atoms with Crippen LogP contribution in [0, 0.1) is 11.3 Å². The minimum Gasteiger partial charge on any atom is -0.306 e. The number of carbonyl (C=O) groups excluding carboxylic acids is 1. The number of nitriles is 1. The minimum absolute atomic E-state index is 0.109. The van der Waals surface area contributed by atoms with E-state index in [2.05, 4.69) is 20.5 Å². The first-order valence-electron chi connectivity index (χ1n) is 4.68. The van der Waals surface area contributed by atoms with Crippen molar-refractivity contribution < 1.29 is 4.79 Å². The molecule has 18 heavy (non-hydrogen) atoms. The molecule has 2 N–H and O–H groups in total. The van der Waals surface area contributed by atoms with Gasteiger partial charge in [-0.3, -0.25) is 9.89 Å². The van der Waals surface area contributed by atoms with E-state index in [-0.39, 0.29) is 27.3 Å². The number of nitrogens with zero attached hydrogens (tertiary/aromatic N) is 3. The number of hydrogen-bond acceptors (Lipinski definition) is 4. The van der Waals surface area contributed by atoms with Gasteiger partial charge in [0.2, 0.25) is 0 Å². The van der Waals surface area contributed by atoms with Gasteiger partial charge in [-0.15, -0.1) is 0 Å². The van der Waals surface area contributed by atoms with E-state index in [0.29, 0.717) is 0 Å². The summed E-state index contributed by atoms with van der Waals surface area (Å²) in [5, 5.41) is 17.6. The monoisotopic (exact) mass is 281 g/mol. The SMILES string of the molecule is N#Cc1cn[nH]c1NC(=O)c1cc(Cl)nc(Cl)c1. The first-order chi connectivity index (χ1) is 8.60. The predicted octanol–water partition coefficient (Wildman–Crippen LogP) is 2.24. The molecule has 0 saturated heterocycles. The van der Waals surface area contributed by atoms with Gasteiger partial charge >= 0.3 is 0 Å². The second kappa shape index (κ2) is 5.04. The Balaban J connectivity index is 2.25. The second-order valence-electron chi connectivity index (χ2n) is 3.23. The molecule has 0 aromatic carbocycles. The molecule has 2 aromatic rings. The number of aromatic amines is 1. The Morgan fingerprint density at radius 1 is 1.39 bits per heavy atom. The molecular weight excluding hydrogens is 277 g/mol. The van der Waals surface area contributed by atoms with Crippen LogP contribution >= 0.6 is 23.2 Å². The van der Waals surface area contributed by atoms with Gasteiger partial charge in [-0.05, 0) is 12.1 Å². The molecule has 0 bridgehead atoms. The first kappa shape index (κ1) is 12.4. The lowest BCUT2D eigenvalue weighted by atomic mass is 10.2. The van der Waals surface area contributed by atoms with Crippen molar-refractivity contribution in [1.29, 1.82) is 5.26 Å². The van der Waals surface area contributed by atoms with Crippen LogP contribution in [0.4, 0.5) is 5.82 Å². The Morgan fingerprint density at radius 3 is 2.67 bits per heavy atom. The van der Waals surface area contributed by atoms with Crippen molar-refractivity contribution >= 4 is 34.9 Å². The van der Waals surface area contributed by atoms with Gasteiger partial charge in [0, 0.05) is 5.56 Å². The van der Waals surface area contributed by atoms with Gasteiger partial charge in [0.15, 0.2) is 0 Å². The van der Waals surface area contributed by atoms with Crippen LogP contribution < -0.4 is 5.32 Å². The molecule has 0 fully saturated rings. The highest BCUT2D eigenvalue weighted by Crippen LogP contribution is 2.16. The number of H-pyrrole nitrogens is 1. The normalized spacial score (nSPS) is 9.83. The maximum absolute atomic E-state index is 11.9. The molecule has 0 radical (unpaired) electrons. The highest BCUT2D eigenvalue weighted by atomic mass is 35.5. The van der Waals surface area contributed by atoms with Gasteiger partial charge in [0.1, 0.15) is 27.8 Å². The summed E-state index contributed by atoms with van der Waals surface area (Å²) in [6, 6.07) is 4.61. The highest BCUT2D eigenvalue weighted by molar-refractivity contribution is 6.33. The zero-order valence-electron chi connectivity index (χ0n) is 8.74. The molecule has 2 heterocycles. The average Bonchev–Trinajstić information content (AvgIpc) is 2.75. The van der Waals surface area contributed by atoms with Gasteiger partial charge in [0.25, 0.3) is 5.91 Å². The van der Waals surface area contributed by atoms with E-state index in [9.17, 15) is 4.79 Å². The number of nitrogens with one attached hydrogen (secondary N) is 2. The fourth-order valence-electron chi connectivity index (χ4n) is 1.25. The Hall–Kier alpha value is -2.10. The molecule has 0 aliphatic rings. The van der Waals surface area contributed by atoms with Crippen molar-refractivity contribution in [2.75, 3.05) is 5.32 Å². The smallest absolute Gasteiger partial charge is 0.257 e. The molecule has 2 rings (SSSR count). The van der Waals surface area contributed by atoms with Crippen LogP contribution in [0.5, 0.6) is 0 Å². The van der Waals surface area contributed by atoms with Crippen molar-refractivity contribution in [2.24, 2.45) is 0 Å². The number of aromatic nitrogens is 3. The molecular formula is C10H5Cl2N5O. The van der Waals surface area contributed by atoms with E-state index >= 15 is 0 Å². The predicted molar refractivity (Wildman–Crippen MR) is 65.5 cm³/mol. The summed E-state index contributed by atoms with van der Waals surface area (Å²) in [4.78, 5) is 15.6. The maximum atomic E-state index is 11.9. The minimum atomic E-state index is -0.470. The van der Waals surface area contributed by atoms with Gasteiger partial charge in [-0.2, -0.15) is 10.4 Å². The molecule has 2 aromatic heterocycles. The molecule has 8 heteroatoms. The number of anilines is 1. The lowest BCUT2D eigenvalue weighted by Crippen LogP contribution is -2.13. The molecule has 0 atom stereocenters. The van der Waals surface area contributed by atoms with E-state index in [4.69, 9.17) is 28.5 Å². The lowest BCUT2D eigenvalue weighted by Gasteiger charge is -2.03. The zero-order valence-corrected chi connectivity index (χ0v) is 10.2. The van der Waals surface area contributed by atoms with Crippen molar-refractivity contribution in [3.8, 4) is 6.07 Å². The van der Waals surface area contributed by atoms with E-state index < -0.39 is 5.91 Å². The standard InChI is InChI=1S/C10H5Cl2N5O/c11-7-1-5(2-8(12)15-7)10(18)16-9-6(3-13)4-14-17-9/h1-2,4H,(H2,14,16,17,18). The molecule has 1 amide bonds. The molecule has 0 spiro atoms. The Bertz CT molecular complexity index is 626. The van der Waals surface area contributed by atoms with Crippen LogP contribution in [0.25, 0.3) is 0 Å². The third kappa shape index (κ3) is 2.59. The van der Waals surface area contributed by atoms with E-state index in [0.717, 1.165) is 0 Å². The molecule has 90 valence electrons. The topological polar surface area (TPSA) is 94.5 Å². The fraction of sp³-hybridized carbons (Fsp3) is 0. The zero-order chi connectivity index (χ0) is 13.1. The van der Waals surface area contributed by atoms with Gasteiger partial charge in [-0.1, -0.05) is 23.2 Å². The van der Waals surface area contributed by atoms with Gasteiger partial charge in [0.05, 0.1) is 6.20 Å². The number of hydrogen-bond donors (Lipinski definition) is 2. The van der Waals surface area contributed by atoms with E-state index in [1.54, 1.807) is 0 Å². The van der Waals surface area contributed by atoms with Crippen LogP contribution in [-0.2, 0) is 0 Å². The second-order valence-corrected chi connectivity index (χ2v) is 4.00. The number of amides is 1. The number of pyridine rings is 1. The summed E-state index contributed by atoms with van der Waals surface area (Å²) in [5.74, 6) is -0.256. The quantitative estimate of drug-likeness (QED) is 0.826. The summed E-state index contributed by atoms with van der Waals surface area (Å²) in [6.45, 7) is 0. The van der Waals surface area contributed by atoms with Gasteiger partial charge < -0.3 is 5.32 Å². The Kier molecular flexibility index (Phi) is 3.46. The third-order valence-electron chi connectivity index (χ3n) is 2.02. The molecule has 0 aliphatic heterocycles. The summed E-state index contributed by atoms with van der Waals surface area (Å²) < 4.78 is 0. The van der Waals surface area contributed by atoms with E-state index in [1.165, 1.54) is 18.3 Å². The van der Waals surface area contributed by atoms with Crippen LogP contribution in [0.3, 0.4) is 0 Å². The van der Waals surface area contributed by atoms with Crippen LogP contribution in [0.2, 0.25) is 10.3 Å². The molecule has 0 unspecified atom stereocenters. The Morgan fingerprint density at radius 2 is 2.06 bits per heavy atom. The van der Waals surface area contributed by atoms with Crippen molar-refractivity contribution in [1.82, 2.24) is 15.2 Å². The van der Waals surface area contributed by atoms with Crippen LogP contribution in [0.15, 0.2) is 18.3 Å². The summed E-state index contributed by atoms with van der Waals surface area (Å²) in [6.07, 6.45) is 1.31. The summed E-state index contributed by atoms with van der Waals surface area (Å²) >= 11 is 11.4. The highest BCUT2D eigenvalue weighted by Gasteiger charge is 2.12. The molecule has 0 saturated carbocycles. The van der Waals surface area contributed by atoms with Crippen molar-refractivity contribution in [2.45, 2.75) is 0 Å². The summed E-state index contributed by atoms with van der Waals surface area (Å²) in [7, 11) is 0. The molecule has 6 nitrogen and oxygen atoms in total. The van der Waals surface area contributed by atoms with Crippen molar-refractivity contribution in [3.05, 3.63) is 39.8 Å².